The number of nitrogens with one attached hydrogen (secondary N) is 2. The zero-order valence-corrected chi connectivity index (χ0v) is 12.1. The Labute approximate surface area is 115 Å². The lowest BCUT2D eigenvalue weighted by Gasteiger charge is -2.22. The molecule has 0 aliphatic carbocycles. The maximum absolute atomic E-state index is 5.72. The number of ether oxygens (including phenoxy) is 1. The fourth-order valence-electron chi connectivity index (χ4n) is 2.50. The van der Waals surface area contributed by atoms with Crippen LogP contribution in [0.15, 0.2) is 6.33 Å². The predicted octanol–water partition coefficient (Wildman–Crippen LogP) is 2.45. The van der Waals surface area contributed by atoms with E-state index in [1.807, 2.05) is 0 Å². The first-order valence-corrected chi connectivity index (χ1v) is 7.22. The second-order valence-corrected chi connectivity index (χ2v) is 4.92. The lowest BCUT2D eigenvalue weighted by Crippen LogP contribution is -2.31. The van der Waals surface area contributed by atoms with Gasteiger partial charge >= 0.3 is 0 Å². The second kappa shape index (κ2) is 6.70. The highest BCUT2D eigenvalue weighted by atomic mass is 16.5. The van der Waals surface area contributed by atoms with Gasteiger partial charge in [-0.15, -0.1) is 0 Å². The minimum atomic E-state index is 0.275. The maximum Gasteiger partial charge on any atom is 0.135 e. The highest BCUT2D eigenvalue weighted by Crippen LogP contribution is 2.23. The monoisotopic (exact) mass is 264 g/mol. The zero-order chi connectivity index (χ0) is 13.7. The number of nitrogens with zero attached hydrogens (tertiary/aromatic N) is 2. The van der Waals surface area contributed by atoms with Gasteiger partial charge in [0.15, 0.2) is 0 Å². The molecule has 5 heteroatoms. The minimum absolute atomic E-state index is 0.275. The van der Waals surface area contributed by atoms with Gasteiger partial charge in [-0.2, -0.15) is 0 Å². The van der Waals surface area contributed by atoms with E-state index in [0.717, 1.165) is 49.6 Å². The van der Waals surface area contributed by atoms with Crippen LogP contribution in [0.4, 0.5) is 11.6 Å². The Morgan fingerprint density at radius 3 is 2.79 bits per heavy atom. The van der Waals surface area contributed by atoms with Crippen LogP contribution in [0.1, 0.15) is 39.2 Å². The van der Waals surface area contributed by atoms with Crippen LogP contribution in [0.3, 0.4) is 0 Å². The van der Waals surface area contributed by atoms with E-state index in [-0.39, 0.29) is 6.04 Å². The number of anilines is 2. The molecule has 2 unspecified atom stereocenters. The molecule has 1 fully saturated rings. The van der Waals surface area contributed by atoms with E-state index in [9.17, 15) is 0 Å². The van der Waals surface area contributed by atoms with Gasteiger partial charge in [0, 0.05) is 18.7 Å². The summed E-state index contributed by atoms with van der Waals surface area (Å²) >= 11 is 0. The Balaban J connectivity index is 2.12. The highest BCUT2D eigenvalue weighted by molar-refractivity contribution is 5.57. The molecule has 0 saturated carbocycles. The molecule has 0 aromatic carbocycles. The topological polar surface area (TPSA) is 59.1 Å². The van der Waals surface area contributed by atoms with Crippen LogP contribution >= 0.6 is 0 Å². The Kier molecular flexibility index (Phi) is 4.96. The van der Waals surface area contributed by atoms with Crippen LogP contribution in [-0.4, -0.2) is 35.3 Å². The quantitative estimate of drug-likeness (QED) is 0.826. The smallest absolute Gasteiger partial charge is 0.135 e. The molecule has 5 nitrogen and oxygen atoms in total. The van der Waals surface area contributed by atoms with Gasteiger partial charge < -0.3 is 15.4 Å². The van der Waals surface area contributed by atoms with E-state index in [0.29, 0.717) is 6.10 Å². The minimum Gasteiger partial charge on any atom is -0.376 e. The average Bonchev–Trinajstić information content (AvgIpc) is 2.93. The zero-order valence-electron chi connectivity index (χ0n) is 12.1. The largest absolute Gasteiger partial charge is 0.376 e. The van der Waals surface area contributed by atoms with Gasteiger partial charge in [0.05, 0.1) is 12.1 Å². The van der Waals surface area contributed by atoms with E-state index in [4.69, 9.17) is 4.74 Å². The molecular formula is C14H24N4O. The van der Waals surface area contributed by atoms with Gasteiger partial charge in [-0.25, -0.2) is 9.97 Å². The molecule has 0 amide bonds. The Morgan fingerprint density at radius 1 is 1.37 bits per heavy atom. The second-order valence-electron chi connectivity index (χ2n) is 4.92. The molecular weight excluding hydrogens is 240 g/mol. The summed E-state index contributed by atoms with van der Waals surface area (Å²) in [4.78, 5) is 8.70. The van der Waals surface area contributed by atoms with Crippen molar-refractivity contribution in [1.82, 2.24) is 9.97 Å². The maximum atomic E-state index is 5.72. The fourth-order valence-corrected chi connectivity index (χ4v) is 2.50. The first-order chi connectivity index (χ1) is 9.26. The summed E-state index contributed by atoms with van der Waals surface area (Å²) in [7, 11) is 0. The normalized spacial score (nSPS) is 20.3. The molecule has 2 heterocycles. The number of aromatic nitrogens is 2. The molecule has 19 heavy (non-hydrogen) atoms. The third kappa shape index (κ3) is 3.35. The lowest BCUT2D eigenvalue weighted by atomic mass is 10.1. The van der Waals surface area contributed by atoms with Gasteiger partial charge in [0.25, 0.3) is 0 Å². The van der Waals surface area contributed by atoms with Crippen LogP contribution in [0, 0.1) is 0 Å². The molecule has 1 aromatic rings. The average molecular weight is 264 g/mol. The summed E-state index contributed by atoms with van der Waals surface area (Å²) < 4.78 is 5.72. The predicted molar refractivity (Wildman–Crippen MR) is 77.6 cm³/mol. The standard InChI is InChI=1S/C14H24N4O/c1-4-11-13(15-5-2)16-9-17-14(11)18-10(3)12-7-6-8-19-12/h9-10,12H,4-8H2,1-3H3,(H2,15,16,17,18). The SMILES string of the molecule is CCNc1ncnc(NC(C)C2CCCO2)c1CC. The number of rotatable bonds is 6. The molecule has 0 radical (unpaired) electrons. The van der Waals surface area contributed by atoms with Crippen molar-refractivity contribution in [3.8, 4) is 0 Å². The fraction of sp³-hybridized carbons (Fsp3) is 0.714. The molecule has 1 saturated heterocycles. The van der Waals surface area contributed by atoms with Crippen LogP contribution < -0.4 is 10.6 Å². The van der Waals surface area contributed by atoms with Crippen molar-refractivity contribution < 1.29 is 4.74 Å². The molecule has 0 bridgehead atoms. The van der Waals surface area contributed by atoms with Gasteiger partial charge in [-0.1, -0.05) is 6.92 Å². The molecule has 1 aliphatic heterocycles. The van der Waals surface area contributed by atoms with Crippen LogP contribution in [0.5, 0.6) is 0 Å². The lowest BCUT2D eigenvalue weighted by molar-refractivity contribution is 0.0995. The molecule has 2 rings (SSSR count). The first-order valence-electron chi connectivity index (χ1n) is 7.22. The molecule has 2 atom stereocenters. The van der Waals surface area contributed by atoms with E-state index in [1.54, 1.807) is 6.33 Å². The van der Waals surface area contributed by atoms with Gasteiger partial charge in [0.2, 0.25) is 0 Å². The summed E-state index contributed by atoms with van der Waals surface area (Å²) in [5, 5.41) is 6.77. The summed E-state index contributed by atoms with van der Waals surface area (Å²) in [6.07, 6.45) is 5.10. The summed E-state index contributed by atoms with van der Waals surface area (Å²) in [5.41, 5.74) is 1.15. The summed E-state index contributed by atoms with van der Waals surface area (Å²) in [6.45, 7) is 8.10. The molecule has 106 valence electrons. The van der Waals surface area contributed by atoms with Crippen molar-refractivity contribution in [2.45, 2.75) is 52.2 Å². The van der Waals surface area contributed by atoms with E-state index in [1.165, 1.54) is 0 Å². The molecule has 2 N–H and O–H groups in total. The van der Waals surface area contributed by atoms with Gasteiger partial charge in [0.1, 0.15) is 18.0 Å². The molecule has 1 aliphatic rings. The van der Waals surface area contributed by atoms with Gasteiger partial charge in [-0.3, -0.25) is 0 Å². The van der Waals surface area contributed by atoms with Crippen molar-refractivity contribution in [2.24, 2.45) is 0 Å². The third-order valence-corrected chi connectivity index (χ3v) is 3.53. The molecule has 0 spiro atoms. The van der Waals surface area contributed by atoms with Crippen molar-refractivity contribution in [1.29, 1.82) is 0 Å². The van der Waals surface area contributed by atoms with Crippen molar-refractivity contribution in [3.63, 3.8) is 0 Å². The van der Waals surface area contributed by atoms with Crippen LogP contribution in [-0.2, 0) is 11.2 Å². The van der Waals surface area contributed by atoms with E-state index < -0.39 is 0 Å². The summed E-state index contributed by atoms with van der Waals surface area (Å²) in [6, 6.07) is 0.275. The summed E-state index contributed by atoms with van der Waals surface area (Å²) in [5.74, 6) is 1.86. The first kappa shape index (κ1) is 14.1. The van der Waals surface area contributed by atoms with Crippen LogP contribution in [0.25, 0.3) is 0 Å². The van der Waals surface area contributed by atoms with Crippen LogP contribution in [0.2, 0.25) is 0 Å². The number of hydrogen-bond acceptors (Lipinski definition) is 5. The van der Waals surface area contributed by atoms with Crippen molar-refractivity contribution >= 4 is 11.6 Å². The third-order valence-electron chi connectivity index (χ3n) is 3.53. The highest BCUT2D eigenvalue weighted by Gasteiger charge is 2.23. The van der Waals surface area contributed by atoms with E-state index in [2.05, 4.69) is 41.4 Å². The number of hydrogen-bond donors (Lipinski definition) is 2. The van der Waals surface area contributed by atoms with Gasteiger partial charge in [-0.05, 0) is 33.1 Å². The van der Waals surface area contributed by atoms with Crippen molar-refractivity contribution in [3.05, 3.63) is 11.9 Å². The Hall–Kier alpha value is -1.36. The Bertz CT molecular complexity index is 404. The molecule has 1 aromatic heterocycles. The van der Waals surface area contributed by atoms with E-state index >= 15 is 0 Å². The Morgan fingerprint density at radius 2 is 2.16 bits per heavy atom. The van der Waals surface area contributed by atoms with Crippen molar-refractivity contribution in [2.75, 3.05) is 23.8 Å².